The van der Waals surface area contributed by atoms with Crippen LogP contribution in [-0.4, -0.2) is 71.8 Å². The van der Waals surface area contributed by atoms with Gasteiger partial charge in [0.15, 0.2) is 0 Å². The summed E-state index contributed by atoms with van der Waals surface area (Å²) in [7, 11) is 0. The van der Waals surface area contributed by atoms with Gasteiger partial charge in [-0.1, -0.05) is 29.8 Å². The van der Waals surface area contributed by atoms with Crippen LogP contribution >= 0.6 is 11.6 Å². The average Bonchev–Trinajstić information content (AvgIpc) is 3.40. The third-order valence-corrected chi connectivity index (χ3v) is 8.93. The summed E-state index contributed by atoms with van der Waals surface area (Å²) in [6, 6.07) is 12.7. The van der Waals surface area contributed by atoms with Crippen LogP contribution < -0.4 is 26.4 Å². The molecule has 0 saturated carbocycles. The highest BCUT2D eigenvalue weighted by molar-refractivity contribution is 6.33. The number of rotatable bonds is 8. The van der Waals surface area contributed by atoms with Crippen molar-refractivity contribution in [3.05, 3.63) is 73.8 Å². The normalized spacial score (nSPS) is 20.9. The summed E-state index contributed by atoms with van der Waals surface area (Å²) in [5.74, 6) is 1.59. The van der Waals surface area contributed by atoms with E-state index in [9.17, 15) is 22.8 Å². The topological polar surface area (TPSA) is 94.0 Å². The number of halogens is 4. The molecule has 2 N–H and O–H groups in total. The van der Waals surface area contributed by atoms with Gasteiger partial charge in [0.25, 0.3) is 10.9 Å². The van der Waals surface area contributed by atoms with Crippen molar-refractivity contribution in [1.82, 2.24) is 14.8 Å². The average molecular weight is 631 g/mol. The lowest BCUT2D eigenvalue weighted by molar-refractivity contribution is -0.115. The Hall–Kier alpha value is -3.61. The first kappa shape index (κ1) is 30.4. The highest BCUT2D eigenvalue weighted by atomic mass is 35.5. The van der Waals surface area contributed by atoms with Crippen LogP contribution in [0.1, 0.15) is 32.4 Å². The summed E-state index contributed by atoms with van der Waals surface area (Å²) >= 11 is 6.63. The van der Waals surface area contributed by atoms with Crippen LogP contribution in [0.4, 0.5) is 36.1 Å². The molecule has 2 fully saturated rings. The molecule has 44 heavy (non-hydrogen) atoms. The minimum atomic E-state index is -4.53. The van der Waals surface area contributed by atoms with Gasteiger partial charge in [0.1, 0.15) is 35.1 Å². The fourth-order valence-corrected chi connectivity index (χ4v) is 6.70. The van der Waals surface area contributed by atoms with Crippen LogP contribution in [0.3, 0.4) is 0 Å². The SMILES string of the molecule is C[C@@H]1CN(c2ncc(Nc3c(NCC(F)(F)F)c(=O)c3=O)cc2Cl)[C@@H](C)CN1C1CCN(Cc2cc3ccccc3o2)CC1. The lowest BCUT2D eigenvalue weighted by atomic mass is 9.98. The number of piperazine rings is 1. The molecule has 9 nitrogen and oxygen atoms in total. The molecule has 0 spiro atoms. The number of aromatic nitrogens is 1. The second kappa shape index (κ2) is 12.1. The van der Waals surface area contributed by atoms with E-state index >= 15 is 0 Å². The Labute approximate surface area is 257 Å². The Balaban J connectivity index is 1.05. The number of anilines is 4. The molecular weight excluding hydrogens is 597 g/mol. The molecular formula is C31H34ClF3N6O3. The summed E-state index contributed by atoms with van der Waals surface area (Å²) in [5, 5.41) is 6.17. The van der Waals surface area contributed by atoms with Crippen LogP contribution in [0.5, 0.6) is 0 Å². The number of nitrogens with zero attached hydrogens (tertiary/aromatic N) is 4. The molecule has 2 aromatic carbocycles. The van der Waals surface area contributed by atoms with E-state index in [1.165, 1.54) is 6.20 Å². The van der Waals surface area contributed by atoms with Gasteiger partial charge < -0.3 is 20.0 Å². The molecule has 0 aliphatic carbocycles. The number of alkyl halides is 3. The van der Waals surface area contributed by atoms with Crippen molar-refractivity contribution in [2.75, 3.05) is 48.3 Å². The van der Waals surface area contributed by atoms with E-state index in [1.807, 2.05) is 23.5 Å². The quantitative estimate of drug-likeness (QED) is 0.250. The van der Waals surface area contributed by atoms with Gasteiger partial charge in [0, 0.05) is 49.7 Å². The van der Waals surface area contributed by atoms with Gasteiger partial charge >= 0.3 is 6.18 Å². The molecule has 6 rings (SSSR count). The smallest absolute Gasteiger partial charge is 0.405 e. The van der Waals surface area contributed by atoms with E-state index in [0.717, 1.165) is 62.3 Å². The molecule has 0 unspecified atom stereocenters. The molecule has 2 saturated heterocycles. The largest absolute Gasteiger partial charge is 0.460 e. The lowest BCUT2D eigenvalue weighted by Crippen LogP contribution is -2.61. The molecule has 2 aliphatic rings. The fourth-order valence-electron chi connectivity index (χ4n) is 6.42. The Kier molecular flexibility index (Phi) is 8.33. The number of piperidine rings is 1. The molecule has 2 aliphatic heterocycles. The number of fused-ring (bicyclic) bond motifs is 1. The predicted octanol–water partition coefficient (Wildman–Crippen LogP) is 5.36. The van der Waals surface area contributed by atoms with Crippen molar-refractivity contribution in [2.24, 2.45) is 0 Å². The number of pyridine rings is 1. The molecule has 4 aromatic rings. The van der Waals surface area contributed by atoms with Gasteiger partial charge in [-0.15, -0.1) is 0 Å². The maximum atomic E-state index is 12.6. The van der Waals surface area contributed by atoms with Crippen molar-refractivity contribution in [3.8, 4) is 0 Å². The maximum Gasteiger partial charge on any atom is 0.405 e. The molecule has 13 heteroatoms. The minimum absolute atomic E-state index is 0.135. The summed E-state index contributed by atoms with van der Waals surface area (Å²) < 4.78 is 43.8. The van der Waals surface area contributed by atoms with Gasteiger partial charge in [-0.25, -0.2) is 4.98 Å². The molecule has 2 aromatic heterocycles. The molecule has 0 bridgehead atoms. The van der Waals surface area contributed by atoms with Gasteiger partial charge in [0.2, 0.25) is 0 Å². The molecule has 234 valence electrons. The van der Waals surface area contributed by atoms with Crippen LogP contribution in [0, 0.1) is 0 Å². The summed E-state index contributed by atoms with van der Waals surface area (Å²) in [5.41, 5.74) is -1.30. The van der Waals surface area contributed by atoms with Crippen LogP contribution in [0.2, 0.25) is 5.02 Å². The van der Waals surface area contributed by atoms with Crippen molar-refractivity contribution >= 4 is 45.5 Å². The van der Waals surface area contributed by atoms with Gasteiger partial charge in [-0.3, -0.25) is 19.4 Å². The number of benzene rings is 1. The number of para-hydroxylation sites is 1. The number of likely N-dealkylation sites (tertiary alicyclic amines) is 1. The standard InChI is InChI=1S/C31H34ClF3N6O3/c1-18-15-41(30-24(32)12-21(13-36-30)38-27-26(28(42)29(27)43)37-17-31(33,34)35)19(2)14-40(18)22-7-9-39(10-8-22)16-23-11-20-5-3-4-6-25(20)44-23/h3-6,11-13,18-19,22,37-38H,7-10,14-17H2,1-2H3/t18-,19+/m1/s1. The highest BCUT2D eigenvalue weighted by Crippen LogP contribution is 2.33. The van der Waals surface area contributed by atoms with Crippen molar-refractivity contribution in [2.45, 2.75) is 57.5 Å². The first-order valence-electron chi connectivity index (χ1n) is 14.8. The van der Waals surface area contributed by atoms with E-state index in [1.54, 1.807) is 6.07 Å². The molecule has 4 heterocycles. The number of hydrogen-bond donors (Lipinski definition) is 2. The Morgan fingerprint density at radius 3 is 2.45 bits per heavy atom. The van der Waals surface area contributed by atoms with Crippen LogP contribution in [-0.2, 0) is 6.54 Å². The zero-order chi connectivity index (χ0) is 31.2. The van der Waals surface area contributed by atoms with Gasteiger partial charge in [0.05, 0.1) is 23.5 Å². The fraction of sp³-hybridized carbons (Fsp3) is 0.452. The van der Waals surface area contributed by atoms with E-state index in [0.29, 0.717) is 22.6 Å². The lowest BCUT2D eigenvalue weighted by Gasteiger charge is -2.49. The Bertz CT molecular complexity index is 1680. The van der Waals surface area contributed by atoms with Gasteiger partial charge in [-0.05, 0) is 44.9 Å². The first-order valence-corrected chi connectivity index (χ1v) is 15.1. The summed E-state index contributed by atoms with van der Waals surface area (Å²) in [6.45, 7) is 7.32. The van der Waals surface area contributed by atoms with Crippen molar-refractivity contribution < 1.29 is 17.6 Å². The second-order valence-electron chi connectivity index (χ2n) is 11.8. The Morgan fingerprint density at radius 2 is 1.75 bits per heavy atom. The van der Waals surface area contributed by atoms with Crippen LogP contribution in [0.15, 0.2) is 56.6 Å². The zero-order valence-electron chi connectivity index (χ0n) is 24.5. The number of furan rings is 1. The first-order chi connectivity index (χ1) is 21.0. The molecule has 2 atom stereocenters. The Morgan fingerprint density at radius 1 is 1.02 bits per heavy atom. The number of nitrogens with one attached hydrogen (secondary N) is 2. The van der Waals surface area contributed by atoms with E-state index < -0.39 is 29.3 Å². The van der Waals surface area contributed by atoms with E-state index in [2.05, 4.69) is 51.0 Å². The third-order valence-electron chi connectivity index (χ3n) is 8.66. The monoisotopic (exact) mass is 630 g/mol. The van der Waals surface area contributed by atoms with Crippen LogP contribution in [0.25, 0.3) is 11.0 Å². The van der Waals surface area contributed by atoms with E-state index in [4.69, 9.17) is 16.0 Å². The van der Waals surface area contributed by atoms with Crippen molar-refractivity contribution in [3.63, 3.8) is 0 Å². The molecule has 0 amide bonds. The third kappa shape index (κ3) is 6.29. The number of hydrogen-bond acceptors (Lipinski definition) is 9. The summed E-state index contributed by atoms with van der Waals surface area (Å²) in [6.07, 6.45) is -0.913. The van der Waals surface area contributed by atoms with E-state index in [-0.39, 0.29) is 17.8 Å². The zero-order valence-corrected chi connectivity index (χ0v) is 25.2. The molecule has 0 radical (unpaired) electrons. The second-order valence-corrected chi connectivity index (χ2v) is 12.2. The predicted molar refractivity (Wildman–Crippen MR) is 166 cm³/mol. The van der Waals surface area contributed by atoms with Crippen molar-refractivity contribution in [1.29, 1.82) is 0 Å². The van der Waals surface area contributed by atoms with Gasteiger partial charge in [-0.2, -0.15) is 13.2 Å². The minimum Gasteiger partial charge on any atom is -0.460 e. The maximum absolute atomic E-state index is 12.6. The summed E-state index contributed by atoms with van der Waals surface area (Å²) in [4.78, 5) is 35.6. The highest BCUT2D eigenvalue weighted by Gasteiger charge is 2.36.